The van der Waals surface area contributed by atoms with Gasteiger partial charge in [-0.1, -0.05) is 30.3 Å². The number of pyridine rings is 1. The van der Waals surface area contributed by atoms with Gasteiger partial charge in [0.15, 0.2) is 0 Å². The van der Waals surface area contributed by atoms with Crippen molar-refractivity contribution in [1.29, 1.82) is 0 Å². The van der Waals surface area contributed by atoms with E-state index in [0.29, 0.717) is 0 Å². The van der Waals surface area contributed by atoms with Crippen LogP contribution >= 0.6 is 11.3 Å². The third kappa shape index (κ3) is 1.98. The van der Waals surface area contributed by atoms with Gasteiger partial charge >= 0.3 is 0 Å². The molecular weight excluding hydrogens is 244 g/mol. The normalized spacial score (nSPS) is 10.4. The van der Waals surface area contributed by atoms with E-state index in [1.807, 2.05) is 42.5 Å². The van der Waals surface area contributed by atoms with Gasteiger partial charge in [-0.3, -0.25) is 4.98 Å². The Bertz CT molecular complexity index is 650. The molecule has 0 unspecified atom stereocenters. The molecule has 1 N–H and O–H groups in total. The van der Waals surface area contributed by atoms with Crippen molar-refractivity contribution in [2.24, 2.45) is 0 Å². The first-order valence-corrected chi connectivity index (χ1v) is 6.32. The van der Waals surface area contributed by atoms with E-state index in [9.17, 15) is 5.11 Å². The number of hydrogen-bond donors (Lipinski definition) is 1. The molecule has 3 nitrogen and oxygen atoms in total. The van der Waals surface area contributed by atoms with Crippen molar-refractivity contribution >= 4 is 11.3 Å². The molecule has 0 bridgehead atoms. The average Bonchev–Trinajstić information content (AvgIpc) is 2.83. The van der Waals surface area contributed by atoms with Gasteiger partial charge in [-0.15, -0.1) is 11.3 Å². The Kier molecular flexibility index (Phi) is 2.78. The molecule has 0 aliphatic carbocycles. The molecule has 18 heavy (non-hydrogen) atoms. The van der Waals surface area contributed by atoms with Gasteiger partial charge in [-0.05, 0) is 17.7 Å². The molecule has 0 radical (unpaired) electrons. The van der Waals surface area contributed by atoms with Crippen molar-refractivity contribution < 1.29 is 5.11 Å². The smallest absolute Gasteiger partial charge is 0.230 e. The van der Waals surface area contributed by atoms with Crippen LogP contribution in [0.25, 0.3) is 21.0 Å². The van der Waals surface area contributed by atoms with E-state index in [1.54, 1.807) is 12.4 Å². The standard InChI is InChI=1S/C14H10N2OS/c17-13-12(10-5-2-1-3-6-10)18-14(16-13)11-7-4-8-15-9-11/h1-9,17H. The maximum absolute atomic E-state index is 9.92. The number of nitrogens with zero attached hydrogens (tertiary/aromatic N) is 2. The average molecular weight is 254 g/mol. The van der Waals surface area contributed by atoms with E-state index >= 15 is 0 Å². The Balaban J connectivity index is 2.07. The van der Waals surface area contributed by atoms with Crippen LogP contribution in [0, 0.1) is 0 Å². The van der Waals surface area contributed by atoms with Crippen molar-refractivity contribution in [1.82, 2.24) is 9.97 Å². The van der Waals surface area contributed by atoms with Crippen LogP contribution in [0.2, 0.25) is 0 Å². The molecule has 0 aliphatic heterocycles. The Labute approximate surface area is 108 Å². The zero-order chi connectivity index (χ0) is 12.4. The molecule has 0 saturated carbocycles. The maximum atomic E-state index is 9.92. The van der Waals surface area contributed by atoms with Crippen LogP contribution < -0.4 is 0 Å². The molecule has 2 aromatic heterocycles. The van der Waals surface area contributed by atoms with Crippen LogP contribution in [0.3, 0.4) is 0 Å². The zero-order valence-corrected chi connectivity index (χ0v) is 10.3. The number of thiazole rings is 1. The van der Waals surface area contributed by atoms with Crippen LogP contribution in [0.1, 0.15) is 0 Å². The topological polar surface area (TPSA) is 46.0 Å². The molecule has 0 amide bonds. The van der Waals surface area contributed by atoms with E-state index in [-0.39, 0.29) is 5.88 Å². The van der Waals surface area contributed by atoms with Crippen molar-refractivity contribution in [2.75, 3.05) is 0 Å². The van der Waals surface area contributed by atoms with Gasteiger partial charge in [0.1, 0.15) is 5.01 Å². The minimum absolute atomic E-state index is 0.0741. The monoisotopic (exact) mass is 254 g/mol. The lowest BCUT2D eigenvalue weighted by atomic mass is 10.2. The Morgan fingerprint density at radius 2 is 1.72 bits per heavy atom. The highest BCUT2D eigenvalue weighted by Gasteiger charge is 2.13. The highest BCUT2D eigenvalue weighted by atomic mass is 32.1. The fourth-order valence-corrected chi connectivity index (χ4v) is 2.66. The van der Waals surface area contributed by atoms with Gasteiger partial charge in [-0.25, -0.2) is 4.98 Å². The van der Waals surface area contributed by atoms with Crippen molar-refractivity contribution in [3.05, 3.63) is 54.9 Å². The Morgan fingerprint density at radius 3 is 2.44 bits per heavy atom. The van der Waals surface area contributed by atoms with Crippen molar-refractivity contribution in [3.63, 3.8) is 0 Å². The molecule has 3 rings (SSSR count). The van der Waals surface area contributed by atoms with E-state index in [1.165, 1.54) is 11.3 Å². The number of benzene rings is 1. The number of hydrogen-bond acceptors (Lipinski definition) is 4. The molecule has 4 heteroatoms. The lowest BCUT2D eigenvalue weighted by Gasteiger charge is -1.95. The fourth-order valence-electron chi connectivity index (χ4n) is 1.70. The second-order valence-electron chi connectivity index (χ2n) is 3.78. The largest absolute Gasteiger partial charge is 0.492 e. The zero-order valence-electron chi connectivity index (χ0n) is 9.45. The molecule has 0 aliphatic rings. The minimum Gasteiger partial charge on any atom is -0.492 e. The summed E-state index contributed by atoms with van der Waals surface area (Å²) in [6.07, 6.45) is 3.46. The summed E-state index contributed by atoms with van der Waals surface area (Å²) in [5, 5.41) is 10.7. The Morgan fingerprint density at radius 1 is 0.944 bits per heavy atom. The third-order valence-electron chi connectivity index (χ3n) is 2.55. The summed E-state index contributed by atoms with van der Waals surface area (Å²) >= 11 is 1.46. The SMILES string of the molecule is Oc1nc(-c2cccnc2)sc1-c1ccccc1. The third-order valence-corrected chi connectivity index (χ3v) is 3.70. The second kappa shape index (κ2) is 4.58. The van der Waals surface area contributed by atoms with Crippen molar-refractivity contribution in [2.45, 2.75) is 0 Å². The molecule has 1 aromatic carbocycles. The summed E-state index contributed by atoms with van der Waals surface area (Å²) in [4.78, 5) is 9.04. The molecule has 0 spiro atoms. The van der Waals surface area contributed by atoms with Crippen molar-refractivity contribution in [3.8, 4) is 26.9 Å². The number of aromatic nitrogens is 2. The first-order chi connectivity index (χ1) is 8.84. The molecule has 88 valence electrons. The van der Waals surface area contributed by atoms with Crippen LogP contribution in [0.15, 0.2) is 54.9 Å². The Hall–Kier alpha value is -2.20. The molecule has 0 saturated heterocycles. The lowest BCUT2D eigenvalue weighted by molar-refractivity contribution is 0.459. The quantitative estimate of drug-likeness (QED) is 0.760. The van der Waals surface area contributed by atoms with Crippen LogP contribution in [0.5, 0.6) is 5.88 Å². The van der Waals surface area contributed by atoms with E-state index < -0.39 is 0 Å². The number of rotatable bonds is 2. The predicted octanol–water partition coefficient (Wildman–Crippen LogP) is 3.58. The van der Waals surface area contributed by atoms with Gasteiger partial charge < -0.3 is 5.11 Å². The van der Waals surface area contributed by atoms with E-state index in [4.69, 9.17) is 0 Å². The van der Waals surface area contributed by atoms with Gasteiger partial charge in [0.2, 0.25) is 5.88 Å². The highest BCUT2D eigenvalue weighted by molar-refractivity contribution is 7.18. The predicted molar refractivity (Wildman–Crippen MR) is 72.4 cm³/mol. The summed E-state index contributed by atoms with van der Waals surface area (Å²) in [5.41, 5.74) is 1.89. The first-order valence-electron chi connectivity index (χ1n) is 5.50. The van der Waals surface area contributed by atoms with Gasteiger partial charge in [-0.2, -0.15) is 0 Å². The molecule has 0 atom stereocenters. The summed E-state index contributed by atoms with van der Waals surface area (Å²) in [6.45, 7) is 0. The first kappa shape index (κ1) is 10.9. The summed E-state index contributed by atoms with van der Waals surface area (Å²) in [7, 11) is 0. The van der Waals surface area contributed by atoms with Crippen LogP contribution in [-0.2, 0) is 0 Å². The van der Waals surface area contributed by atoms with Crippen LogP contribution in [0.4, 0.5) is 0 Å². The molecular formula is C14H10N2OS. The lowest BCUT2D eigenvalue weighted by Crippen LogP contribution is -1.76. The fraction of sp³-hybridized carbons (Fsp3) is 0. The molecule has 3 aromatic rings. The van der Waals surface area contributed by atoms with Crippen LogP contribution in [-0.4, -0.2) is 15.1 Å². The number of aromatic hydroxyl groups is 1. The van der Waals surface area contributed by atoms with Gasteiger partial charge in [0, 0.05) is 18.0 Å². The summed E-state index contributed by atoms with van der Waals surface area (Å²) in [6, 6.07) is 13.5. The minimum atomic E-state index is 0.0741. The molecule has 2 heterocycles. The van der Waals surface area contributed by atoms with E-state index in [0.717, 1.165) is 21.0 Å². The summed E-state index contributed by atoms with van der Waals surface area (Å²) < 4.78 is 0. The van der Waals surface area contributed by atoms with Gasteiger partial charge in [0.05, 0.1) is 4.88 Å². The van der Waals surface area contributed by atoms with E-state index in [2.05, 4.69) is 9.97 Å². The summed E-state index contributed by atoms with van der Waals surface area (Å²) in [5.74, 6) is 0.0741. The molecule has 0 fully saturated rings. The maximum Gasteiger partial charge on any atom is 0.230 e. The van der Waals surface area contributed by atoms with Gasteiger partial charge in [0.25, 0.3) is 0 Å². The highest BCUT2D eigenvalue weighted by Crippen LogP contribution is 2.38. The second-order valence-corrected chi connectivity index (χ2v) is 4.78.